The summed E-state index contributed by atoms with van der Waals surface area (Å²) in [5.41, 5.74) is 1.09. The summed E-state index contributed by atoms with van der Waals surface area (Å²) in [5, 5.41) is 7.39. The molecule has 0 saturated heterocycles. The molecule has 0 atom stereocenters. The minimum atomic E-state index is 0.726. The van der Waals surface area contributed by atoms with E-state index in [9.17, 15) is 0 Å². The highest BCUT2D eigenvalue weighted by Crippen LogP contribution is 2.22. The average molecular weight is 378 g/mol. The van der Waals surface area contributed by atoms with Crippen molar-refractivity contribution in [2.45, 2.75) is 32.7 Å². The molecule has 0 radical (unpaired) electrons. The van der Waals surface area contributed by atoms with Gasteiger partial charge in [0.15, 0.2) is 5.96 Å². The molecule has 0 spiro atoms. The number of hydrogen-bond acceptors (Lipinski definition) is 3. The molecule has 0 saturated carbocycles. The number of rotatable bonds is 9. The van der Waals surface area contributed by atoms with Crippen molar-refractivity contribution in [2.24, 2.45) is 4.99 Å². The van der Waals surface area contributed by atoms with E-state index in [0.717, 1.165) is 67.0 Å². The zero-order chi connectivity index (χ0) is 18.8. The van der Waals surface area contributed by atoms with Crippen LogP contribution in [0.4, 0.5) is 0 Å². The lowest BCUT2D eigenvalue weighted by Crippen LogP contribution is -2.38. The zero-order valence-electron chi connectivity index (χ0n) is 15.8. The van der Waals surface area contributed by atoms with Crippen LogP contribution in [-0.4, -0.2) is 42.8 Å². The van der Waals surface area contributed by atoms with Crippen LogP contribution in [0.1, 0.15) is 24.2 Å². The lowest BCUT2D eigenvalue weighted by atomic mass is 10.1. The first-order valence-corrected chi connectivity index (χ1v) is 9.26. The Morgan fingerprint density at radius 1 is 1.27 bits per heavy atom. The van der Waals surface area contributed by atoms with Crippen molar-refractivity contribution >= 4 is 17.6 Å². The van der Waals surface area contributed by atoms with Gasteiger partial charge in [0.05, 0.1) is 7.11 Å². The van der Waals surface area contributed by atoms with Crippen LogP contribution < -0.4 is 15.4 Å². The van der Waals surface area contributed by atoms with E-state index in [1.807, 2.05) is 37.5 Å². The molecular formula is C19H28ClN5O. The SMILES string of the molecule is CN=C(NCCCCn1ccnc1C)NCCc1ccc(OC)cc1Cl. The minimum Gasteiger partial charge on any atom is -0.497 e. The fourth-order valence-electron chi connectivity index (χ4n) is 2.65. The molecule has 2 rings (SSSR count). The van der Waals surface area contributed by atoms with Gasteiger partial charge in [0.25, 0.3) is 0 Å². The summed E-state index contributed by atoms with van der Waals surface area (Å²) < 4.78 is 7.34. The van der Waals surface area contributed by atoms with Gasteiger partial charge in [0, 0.05) is 44.1 Å². The fraction of sp³-hybridized carbons (Fsp3) is 0.474. The largest absolute Gasteiger partial charge is 0.497 e. The quantitative estimate of drug-likeness (QED) is 0.400. The van der Waals surface area contributed by atoms with Gasteiger partial charge in [0.1, 0.15) is 11.6 Å². The Bertz CT molecular complexity index is 714. The maximum atomic E-state index is 6.27. The Kier molecular flexibility index (Phi) is 8.28. The van der Waals surface area contributed by atoms with Crippen LogP contribution in [0.3, 0.4) is 0 Å². The molecule has 2 N–H and O–H groups in total. The van der Waals surface area contributed by atoms with Gasteiger partial charge in [-0.25, -0.2) is 4.98 Å². The van der Waals surface area contributed by atoms with Crippen molar-refractivity contribution in [3.63, 3.8) is 0 Å². The highest BCUT2D eigenvalue weighted by molar-refractivity contribution is 6.31. The topological polar surface area (TPSA) is 63.5 Å². The molecule has 0 fully saturated rings. The molecule has 0 bridgehead atoms. The van der Waals surface area contributed by atoms with Crippen LogP contribution in [0.2, 0.25) is 5.02 Å². The Morgan fingerprint density at radius 3 is 2.73 bits per heavy atom. The summed E-state index contributed by atoms with van der Waals surface area (Å²) in [6.45, 7) is 4.67. The molecule has 26 heavy (non-hydrogen) atoms. The summed E-state index contributed by atoms with van der Waals surface area (Å²) >= 11 is 6.27. The second kappa shape index (κ2) is 10.7. The number of aromatic nitrogens is 2. The molecule has 0 unspecified atom stereocenters. The van der Waals surface area contributed by atoms with Gasteiger partial charge in [0.2, 0.25) is 0 Å². The predicted molar refractivity (Wildman–Crippen MR) is 107 cm³/mol. The van der Waals surface area contributed by atoms with Gasteiger partial charge in [-0.1, -0.05) is 17.7 Å². The van der Waals surface area contributed by atoms with Crippen LogP contribution in [0.25, 0.3) is 0 Å². The average Bonchev–Trinajstić information content (AvgIpc) is 3.06. The first-order valence-electron chi connectivity index (χ1n) is 8.88. The Morgan fingerprint density at radius 2 is 2.08 bits per heavy atom. The van der Waals surface area contributed by atoms with Crippen LogP contribution >= 0.6 is 11.6 Å². The maximum Gasteiger partial charge on any atom is 0.190 e. The number of halogens is 1. The molecular weight excluding hydrogens is 350 g/mol. The second-order valence-electron chi connectivity index (χ2n) is 6.01. The van der Waals surface area contributed by atoms with Crippen molar-refractivity contribution in [1.82, 2.24) is 20.2 Å². The van der Waals surface area contributed by atoms with Crippen molar-refractivity contribution in [1.29, 1.82) is 0 Å². The number of methoxy groups -OCH3 is 1. The Labute approximate surface area is 160 Å². The first-order chi connectivity index (χ1) is 12.6. The van der Waals surface area contributed by atoms with Gasteiger partial charge >= 0.3 is 0 Å². The summed E-state index contributed by atoms with van der Waals surface area (Å²) in [4.78, 5) is 8.49. The molecule has 6 nitrogen and oxygen atoms in total. The third-order valence-electron chi connectivity index (χ3n) is 4.21. The number of imidazole rings is 1. The molecule has 0 aliphatic carbocycles. The van der Waals surface area contributed by atoms with Gasteiger partial charge < -0.3 is 19.9 Å². The van der Waals surface area contributed by atoms with E-state index in [0.29, 0.717) is 0 Å². The van der Waals surface area contributed by atoms with Gasteiger partial charge in [-0.3, -0.25) is 4.99 Å². The van der Waals surface area contributed by atoms with Crippen molar-refractivity contribution in [2.75, 3.05) is 27.2 Å². The lowest BCUT2D eigenvalue weighted by Gasteiger charge is -2.13. The Hall–Kier alpha value is -2.21. The lowest BCUT2D eigenvalue weighted by molar-refractivity contribution is 0.414. The summed E-state index contributed by atoms with van der Waals surface area (Å²) in [7, 11) is 3.42. The third kappa shape index (κ3) is 6.26. The maximum absolute atomic E-state index is 6.27. The Balaban J connectivity index is 1.64. The molecule has 0 aliphatic heterocycles. The van der Waals surface area contributed by atoms with Gasteiger partial charge in [-0.15, -0.1) is 0 Å². The first kappa shape index (κ1) is 20.1. The predicted octanol–water partition coefficient (Wildman–Crippen LogP) is 3.04. The number of ether oxygens (including phenoxy) is 1. The summed E-state index contributed by atoms with van der Waals surface area (Å²) in [5.74, 6) is 2.65. The molecule has 7 heteroatoms. The highest BCUT2D eigenvalue weighted by Gasteiger charge is 2.03. The molecule has 0 aliphatic rings. The number of nitrogens with zero attached hydrogens (tertiary/aromatic N) is 3. The fourth-order valence-corrected chi connectivity index (χ4v) is 2.91. The molecule has 142 valence electrons. The van der Waals surface area contributed by atoms with Crippen LogP contribution in [-0.2, 0) is 13.0 Å². The summed E-state index contributed by atoms with van der Waals surface area (Å²) in [6.07, 6.45) is 6.86. The van der Waals surface area contributed by atoms with Crippen molar-refractivity contribution in [3.8, 4) is 5.75 Å². The third-order valence-corrected chi connectivity index (χ3v) is 4.56. The molecule has 1 heterocycles. The molecule has 2 aromatic rings. The normalized spacial score (nSPS) is 11.5. The molecule has 1 aromatic carbocycles. The second-order valence-corrected chi connectivity index (χ2v) is 6.42. The van der Waals surface area contributed by atoms with E-state index in [1.54, 1.807) is 14.2 Å². The molecule has 1 aromatic heterocycles. The van der Waals surface area contributed by atoms with Gasteiger partial charge in [-0.05, 0) is 43.9 Å². The number of aryl methyl sites for hydroxylation is 2. The number of unbranched alkanes of at least 4 members (excludes halogenated alkanes) is 1. The minimum absolute atomic E-state index is 0.726. The van der Waals surface area contributed by atoms with Crippen LogP contribution in [0, 0.1) is 6.92 Å². The van der Waals surface area contributed by atoms with Crippen LogP contribution in [0.5, 0.6) is 5.75 Å². The highest BCUT2D eigenvalue weighted by atomic mass is 35.5. The van der Waals surface area contributed by atoms with Gasteiger partial charge in [-0.2, -0.15) is 0 Å². The van der Waals surface area contributed by atoms with E-state index in [2.05, 4.69) is 25.2 Å². The summed E-state index contributed by atoms with van der Waals surface area (Å²) in [6, 6.07) is 5.76. The smallest absolute Gasteiger partial charge is 0.190 e. The zero-order valence-corrected chi connectivity index (χ0v) is 16.5. The van der Waals surface area contributed by atoms with Crippen molar-refractivity contribution < 1.29 is 4.74 Å². The van der Waals surface area contributed by atoms with Crippen molar-refractivity contribution in [3.05, 3.63) is 47.0 Å². The van der Waals surface area contributed by atoms with E-state index >= 15 is 0 Å². The number of aliphatic imine (C=N–C) groups is 1. The molecule has 0 amide bonds. The van der Waals surface area contributed by atoms with Crippen LogP contribution in [0.15, 0.2) is 35.6 Å². The number of benzene rings is 1. The number of hydrogen-bond donors (Lipinski definition) is 2. The van der Waals surface area contributed by atoms with E-state index in [1.165, 1.54) is 0 Å². The number of nitrogens with one attached hydrogen (secondary N) is 2. The standard InChI is InChI=1S/C19H28ClN5O/c1-15-22-11-13-25(15)12-5-4-9-23-19(21-2)24-10-8-16-6-7-17(26-3)14-18(16)20/h6-7,11,13-14H,4-5,8-10,12H2,1-3H3,(H2,21,23,24). The van der Waals surface area contributed by atoms with E-state index in [-0.39, 0.29) is 0 Å². The number of guanidine groups is 1. The van der Waals surface area contributed by atoms with E-state index < -0.39 is 0 Å². The monoisotopic (exact) mass is 377 g/mol. The van der Waals surface area contributed by atoms with E-state index in [4.69, 9.17) is 16.3 Å².